The van der Waals surface area contributed by atoms with Crippen LogP contribution in [0.15, 0.2) is 76.7 Å². The Kier molecular flexibility index (Phi) is 8.04. The number of anilines is 1. The normalized spacial score (nSPS) is 11.1. The number of thiophene rings is 1. The highest BCUT2D eigenvalue weighted by Gasteiger charge is 2.18. The number of thioether (sulfide) groups is 1. The molecule has 0 aliphatic heterocycles. The summed E-state index contributed by atoms with van der Waals surface area (Å²) in [6.45, 7) is 0.394. The fraction of sp³-hybridized carbons (Fsp3) is 0.207. The average molecular weight is 562 g/mol. The maximum absolute atomic E-state index is 13.7. The summed E-state index contributed by atoms with van der Waals surface area (Å²) in [6.07, 6.45) is 0.571. The first kappa shape index (κ1) is 26.6. The van der Waals surface area contributed by atoms with Crippen LogP contribution in [0.4, 0.5) is 5.69 Å². The third-order valence-corrected chi connectivity index (χ3v) is 8.33. The highest BCUT2D eigenvalue weighted by atomic mass is 32.2. The van der Waals surface area contributed by atoms with Crippen LogP contribution in [0.25, 0.3) is 20.3 Å². The van der Waals surface area contributed by atoms with Gasteiger partial charge in [-0.25, -0.2) is 4.98 Å². The van der Waals surface area contributed by atoms with Gasteiger partial charge in [-0.1, -0.05) is 42.1 Å². The lowest BCUT2D eigenvalue weighted by Crippen LogP contribution is -2.24. The van der Waals surface area contributed by atoms with Gasteiger partial charge in [0, 0.05) is 28.4 Å². The van der Waals surface area contributed by atoms with Gasteiger partial charge in [0.15, 0.2) is 16.7 Å². The van der Waals surface area contributed by atoms with E-state index in [-0.39, 0.29) is 17.2 Å². The zero-order valence-electron chi connectivity index (χ0n) is 21.7. The van der Waals surface area contributed by atoms with E-state index in [1.807, 2.05) is 54.6 Å². The molecule has 0 aliphatic carbocycles. The summed E-state index contributed by atoms with van der Waals surface area (Å²) in [5.74, 6) is 1.81. The molecule has 0 saturated carbocycles. The number of hydrogen-bond donors (Lipinski definition) is 1. The minimum Gasteiger partial charge on any atom is -0.497 e. The van der Waals surface area contributed by atoms with Gasteiger partial charge in [-0.2, -0.15) is 0 Å². The van der Waals surface area contributed by atoms with E-state index in [4.69, 9.17) is 19.2 Å². The monoisotopic (exact) mass is 561 g/mol. The summed E-state index contributed by atoms with van der Waals surface area (Å²) in [4.78, 5) is 31.4. The Morgan fingerprint density at radius 3 is 2.59 bits per heavy atom. The highest BCUT2D eigenvalue weighted by Crippen LogP contribution is 2.32. The molecule has 5 rings (SSSR count). The van der Waals surface area contributed by atoms with Gasteiger partial charge < -0.3 is 19.5 Å². The number of fused-ring (bicyclic) bond motifs is 3. The minimum absolute atomic E-state index is 0.0909. The molecule has 0 spiro atoms. The largest absolute Gasteiger partial charge is 0.497 e. The second-order valence-electron chi connectivity index (χ2n) is 8.64. The summed E-state index contributed by atoms with van der Waals surface area (Å²) in [6, 6.07) is 20.7. The molecule has 5 aromatic rings. The smallest absolute Gasteiger partial charge is 0.272 e. The van der Waals surface area contributed by atoms with Crippen molar-refractivity contribution in [2.45, 2.75) is 18.1 Å². The van der Waals surface area contributed by atoms with Gasteiger partial charge in [0.1, 0.15) is 10.4 Å². The molecule has 3 aromatic carbocycles. The molecule has 200 valence electrons. The van der Waals surface area contributed by atoms with Crippen molar-refractivity contribution < 1.29 is 19.0 Å². The van der Waals surface area contributed by atoms with Crippen molar-refractivity contribution in [3.63, 3.8) is 0 Å². The zero-order chi connectivity index (χ0) is 27.4. The number of hydrogen-bond acceptors (Lipinski definition) is 8. The van der Waals surface area contributed by atoms with Crippen LogP contribution in [0.3, 0.4) is 0 Å². The van der Waals surface area contributed by atoms with Crippen LogP contribution < -0.4 is 25.1 Å². The van der Waals surface area contributed by atoms with Crippen molar-refractivity contribution >= 4 is 55.0 Å². The molecule has 0 fully saturated rings. The third kappa shape index (κ3) is 5.71. The fourth-order valence-corrected chi connectivity index (χ4v) is 6.17. The molecule has 0 atom stereocenters. The fourth-order valence-electron chi connectivity index (χ4n) is 4.27. The molecule has 1 amide bonds. The number of rotatable bonds is 10. The molecular formula is C29H27N3O5S2. The number of nitrogens with one attached hydrogen (secondary N) is 1. The number of carbonyl (C=O) groups excluding carboxylic acids is 1. The Hall–Kier alpha value is -4.02. The van der Waals surface area contributed by atoms with E-state index in [2.05, 4.69) is 5.32 Å². The first-order chi connectivity index (χ1) is 19.0. The Morgan fingerprint density at radius 1 is 0.974 bits per heavy atom. The first-order valence-electron chi connectivity index (χ1n) is 12.2. The van der Waals surface area contributed by atoms with Gasteiger partial charge in [0.25, 0.3) is 5.56 Å². The Morgan fingerprint density at radius 2 is 1.79 bits per heavy atom. The standard InChI is InChI=1S/C29H27N3O5S2/c1-35-20-8-6-7-19(16-20)30-25(33)17-38-29-31-26-21-9-4-5-10-24(21)39-27(26)28(34)32(29)14-13-18-11-12-22(36-2)23(15-18)37-3/h4-12,15-16H,13-14,17H2,1-3H3,(H,30,33). The number of amides is 1. The van der Waals surface area contributed by atoms with Crippen molar-refractivity contribution in [3.8, 4) is 17.2 Å². The summed E-state index contributed by atoms with van der Waals surface area (Å²) in [5.41, 5.74) is 2.18. The first-order valence-corrected chi connectivity index (χ1v) is 14.0. The van der Waals surface area contributed by atoms with Crippen LogP contribution in [0.5, 0.6) is 17.2 Å². The van der Waals surface area contributed by atoms with E-state index in [9.17, 15) is 9.59 Å². The molecule has 1 N–H and O–H groups in total. The van der Waals surface area contributed by atoms with Crippen LogP contribution in [-0.4, -0.2) is 42.5 Å². The van der Waals surface area contributed by atoms with Gasteiger partial charge in [0.05, 0.1) is 32.6 Å². The highest BCUT2D eigenvalue weighted by molar-refractivity contribution is 7.99. The average Bonchev–Trinajstić information content (AvgIpc) is 3.34. The Bertz CT molecular complexity index is 1710. The van der Waals surface area contributed by atoms with Gasteiger partial charge >= 0.3 is 0 Å². The number of ether oxygens (including phenoxy) is 3. The number of aryl methyl sites for hydroxylation is 1. The molecule has 10 heteroatoms. The second kappa shape index (κ2) is 11.8. The molecule has 2 aromatic heterocycles. The Balaban J connectivity index is 1.45. The predicted octanol–water partition coefficient (Wildman–Crippen LogP) is 5.61. The van der Waals surface area contributed by atoms with Crippen LogP contribution in [0.2, 0.25) is 0 Å². The van der Waals surface area contributed by atoms with E-state index in [1.54, 1.807) is 38.0 Å². The summed E-state index contributed by atoms with van der Waals surface area (Å²) in [5, 5.41) is 4.32. The number of nitrogens with zero attached hydrogens (tertiary/aromatic N) is 2. The van der Waals surface area contributed by atoms with E-state index >= 15 is 0 Å². The number of methoxy groups -OCH3 is 3. The summed E-state index contributed by atoms with van der Waals surface area (Å²) in [7, 11) is 4.77. The molecule has 0 unspecified atom stereocenters. The topological polar surface area (TPSA) is 91.7 Å². The minimum atomic E-state index is -0.204. The molecule has 0 bridgehead atoms. The molecule has 8 nitrogen and oxygen atoms in total. The predicted molar refractivity (Wildman–Crippen MR) is 157 cm³/mol. The van der Waals surface area contributed by atoms with Gasteiger partial charge in [0.2, 0.25) is 5.91 Å². The molecule has 2 heterocycles. The molecule has 0 radical (unpaired) electrons. The molecule has 39 heavy (non-hydrogen) atoms. The van der Waals surface area contributed by atoms with Gasteiger partial charge in [-0.15, -0.1) is 11.3 Å². The van der Waals surface area contributed by atoms with Crippen molar-refractivity contribution in [2.75, 3.05) is 32.4 Å². The second-order valence-corrected chi connectivity index (χ2v) is 10.6. The number of carbonyl (C=O) groups is 1. The van der Waals surface area contributed by atoms with Crippen LogP contribution in [-0.2, 0) is 17.8 Å². The lowest BCUT2D eigenvalue weighted by atomic mass is 10.1. The lowest BCUT2D eigenvalue weighted by Gasteiger charge is -2.13. The maximum Gasteiger partial charge on any atom is 0.272 e. The van der Waals surface area contributed by atoms with Crippen LogP contribution in [0.1, 0.15) is 5.56 Å². The number of benzene rings is 3. The molecule has 0 aliphatic rings. The van der Waals surface area contributed by atoms with Crippen molar-refractivity contribution in [2.24, 2.45) is 0 Å². The summed E-state index contributed by atoms with van der Waals surface area (Å²) >= 11 is 2.68. The van der Waals surface area contributed by atoms with Gasteiger partial charge in [-0.3, -0.25) is 14.2 Å². The zero-order valence-corrected chi connectivity index (χ0v) is 23.4. The van der Waals surface area contributed by atoms with E-state index in [0.29, 0.717) is 51.3 Å². The van der Waals surface area contributed by atoms with Crippen molar-refractivity contribution in [1.29, 1.82) is 0 Å². The van der Waals surface area contributed by atoms with Crippen LogP contribution >= 0.6 is 23.1 Å². The maximum atomic E-state index is 13.7. The van der Waals surface area contributed by atoms with Gasteiger partial charge in [-0.05, 0) is 42.3 Å². The molecule has 0 saturated heterocycles. The molecular weight excluding hydrogens is 534 g/mol. The SMILES string of the molecule is COc1cccc(NC(=O)CSc2nc3c(sc4ccccc43)c(=O)n2CCc2ccc(OC)c(OC)c2)c1. The third-order valence-electron chi connectivity index (χ3n) is 6.20. The van der Waals surface area contributed by atoms with E-state index in [1.165, 1.54) is 23.1 Å². The van der Waals surface area contributed by atoms with E-state index < -0.39 is 0 Å². The van der Waals surface area contributed by atoms with Crippen molar-refractivity contribution in [1.82, 2.24) is 9.55 Å². The van der Waals surface area contributed by atoms with Crippen LogP contribution in [0, 0.1) is 0 Å². The lowest BCUT2D eigenvalue weighted by molar-refractivity contribution is -0.113. The Labute approximate surface area is 233 Å². The number of aromatic nitrogens is 2. The van der Waals surface area contributed by atoms with Crippen molar-refractivity contribution in [3.05, 3.63) is 82.6 Å². The van der Waals surface area contributed by atoms with E-state index in [0.717, 1.165) is 15.6 Å². The quantitative estimate of drug-likeness (QED) is 0.175. The summed E-state index contributed by atoms with van der Waals surface area (Å²) < 4.78 is 19.3.